The Morgan fingerprint density at radius 1 is 1.19 bits per heavy atom. The molecule has 0 bridgehead atoms. The third kappa shape index (κ3) is 3.68. The summed E-state index contributed by atoms with van der Waals surface area (Å²) in [5.41, 5.74) is 8.93. The molecule has 26 heavy (non-hydrogen) atoms. The minimum Gasteiger partial charge on any atom is -0.365 e. The molecule has 3 rings (SSSR count). The molecular formula is C21H26N2O2S. The molecule has 3 N–H and O–H groups in total. The van der Waals surface area contributed by atoms with Crippen LogP contribution in [0.5, 0.6) is 0 Å². The first-order valence-corrected chi connectivity index (χ1v) is 9.84. The summed E-state index contributed by atoms with van der Waals surface area (Å²) >= 11 is 1.49. The van der Waals surface area contributed by atoms with E-state index in [9.17, 15) is 9.59 Å². The Hall–Kier alpha value is -2.14. The summed E-state index contributed by atoms with van der Waals surface area (Å²) in [4.78, 5) is 25.8. The van der Waals surface area contributed by atoms with Crippen molar-refractivity contribution in [3.05, 3.63) is 51.4 Å². The molecule has 1 aromatic carbocycles. The zero-order valence-corrected chi connectivity index (χ0v) is 16.6. The summed E-state index contributed by atoms with van der Waals surface area (Å²) in [6.45, 7) is 8.62. The third-order valence-electron chi connectivity index (χ3n) is 5.00. The Kier molecular flexibility index (Phi) is 4.93. The Morgan fingerprint density at radius 3 is 2.42 bits per heavy atom. The summed E-state index contributed by atoms with van der Waals surface area (Å²) < 4.78 is 0. The van der Waals surface area contributed by atoms with Crippen LogP contribution < -0.4 is 11.1 Å². The SMILES string of the molecule is C[C@@H]1CCc2c(sc(NC(=O)c3ccc(C(C)(C)C)cc3)c2C(N)=O)C1. The Bertz CT molecular complexity index is 844. The molecule has 0 saturated carbocycles. The van der Waals surface area contributed by atoms with Crippen molar-refractivity contribution >= 4 is 28.2 Å². The zero-order chi connectivity index (χ0) is 19.1. The van der Waals surface area contributed by atoms with Crippen molar-refractivity contribution in [1.29, 1.82) is 0 Å². The quantitative estimate of drug-likeness (QED) is 0.833. The molecule has 2 amide bonds. The molecule has 0 spiro atoms. The van der Waals surface area contributed by atoms with Crippen LogP contribution in [0.1, 0.15) is 70.8 Å². The van der Waals surface area contributed by atoms with Crippen molar-refractivity contribution in [3.8, 4) is 0 Å². The van der Waals surface area contributed by atoms with Gasteiger partial charge in [-0.3, -0.25) is 9.59 Å². The maximum absolute atomic E-state index is 12.7. The summed E-state index contributed by atoms with van der Waals surface area (Å²) in [5.74, 6) is -0.0783. The summed E-state index contributed by atoms with van der Waals surface area (Å²) in [7, 11) is 0. The molecule has 1 aliphatic rings. The van der Waals surface area contributed by atoms with Gasteiger partial charge in [0.15, 0.2) is 0 Å². The Balaban J connectivity index is 1.87. The van der Waals surface area contributed by atoms with E-state index in [0.29, 0.717) is 22.0 Å². The van der Waals surface area contributed by atoms with Gasteiger partial charge in [-0.25, -0.2) is 0 Å². The number of nitrogens with two attached hydrogens (primary N) is 1. The number of nitrogens with one attached hydrogen (secondary N) is 1. The van der Waals surface area contributed by atoms with Crippen LogP contribution in [0.4, 0.5) is 5.00 Å². The molecular weight excluding hydrogens is 344 g/mol. The molecule has 0 fully saturated rings. The molecule has 138 valence electrons. The van der Waals surface area contributed by atoms with E-state index in [1.807, 2.05) is 24.3 Å². The lowest BCUT2D eigenvalue weighted by atomic mass is 9.86. The van der Waals surface area contributed by atoms with Crippen LogP contribution >= 0.6 is 11.3 Å². The normalized spacial score (nSPS) is 16.8. The van der Waals surface area contributed by atoms with Crippen LogP contribution in [0.25, 0.3) is 0 Å². The maximum Gasteiger partial charge on any atom is 0.256 e. The first kappa shape index (κ1) is 18.6. The number of hydrogen-bond acceptors (Lipinski definition) is 3. The highest BCUT2D eigenvalue weighted by Gasteiger charge is 2.27. The molecule has 1 aromatic heterocycles. The van der Waals surface area contributed by atoms with Crippen LogP contribution in [0.3, 0.4) is 0 Å². The Labute approximate surface area is 158 Å². The minimum atomic E-state index is -0.463. The summed E-state index contributed by atoms with van der Waals surface area (Å²) in [6, 6.07) is 7.61. The average Bonchev–Trinajstić information content (AvgIpc) is 2.91. The lowest BCUT2D eigenvalue weighted by molar-refractivity contribution is 0.1000. The van der Waals surface area contributed by atoms with Crippen molar-refractivity contribution in [3.63, 3.8) is 0 Å². The van der Waals surface area contributed by atoms with E-state index in [2.05, 4.69) is 33.0 Å². The molecule has 5 heteroatoms. The van der Waals surface area contributed by atoms with Gasteiger partial charge in [0, 0.05) is 10.4 Å². The standard InChI is InChI=1S/C21H26N2O2S/c1-12-5-10-15-16(11-12)26-20(17(15)18(22)24)23-19(25)13-6-8-14(9-7-13)21(2,3)4/h6-9,12H,5,10-11H2,1-4H3,(H2,22,24)(H,23,25)/t12-/m1/s1. The van der Waals surface area contributed by atoms with E-state index >= 15 is 0 Å². The molecule has 1 atom stereocenters. The lowest BCUT2D eigenvalue weighted by Crippen LogP contribution is -2.19. The van der Waals surface area contributed by atoms with E-state index in [1.165, 1.54) is 21.8 Å². The van der Waals surface area contributed by atoms with Gasteiger partial charge in [-0.15, -0.1) is 11.3 Å². The number of anilines is 1. The second-order valence-corrected chi connectivity index (χ2v) is 9.31. The Morgan fingerprint density at radius 2 is 1.85 bits per heavy atom. The van der Waals surface area contributed by atoms with Gasteiger partial charge in [0.2, 0.25) is 0 Å². The number of fused-ring (bicyclic) bond motifs is 1. The van der Waals surface area contributed by atoms with Crippen molar-refractivity contribution in [2.45, 2.75) is 52.4 Å². The van der Waals surface area contributed by atoms with Gasteiger partial charge in [0.05, 0.1) is 5.56 Å². The van der Waals surface area contributed by atoms with Gasteiger partial charge < -0.3 is 11.1 Å². The van der Waals surface area contributed by atoms with Gasteiger partial charge >= 0.3 is 0 Å². The summed E-state index contributed by atoms with van der Waals surface area (Å²) in [5, 5.41) is 3.50. The number of thiophene rings is 1. The molecule has 0 radical (unpaired) electrons. The highest BCUT2D eigenvalue weighted by Crippen LogP contribution is 2.39. The highest BCUT2D eigenvalue weighted by atomic mass is 32.1. The molecule has 1 heterocycles. The average molecular weight is 371 g/mol. The molecule has 2 aromatic rings. The van der Waals surface area contributed by atoms with Crippen LogP contribution in [0, 0.1) is 5.92 Å². The predicted octanol–water partition coefficient (Wildman–Crippen LogP) is 4.52. The van der Waals surface area contributed by atoms with Gasteiger partial charge in [0.1, 0.15) is 5.00 Å². The molecule has 0 saturated heterocycles. The number of hydrogen-bond donors (Lipinski definition) is 2. The molecule has 0 aliphatic heterocycles. The van der Waals surface area contributed by atoms with E-state index in [1.54, 1.807) is 0 Å². The van der Waals surface area contributed by atoms with E-state index in [0.717, 1.165) is 24.8 Å². The first-order chi connectivity index (χ1) is 12.2. The number of benzene rings is 1. The maximum atomic E-state index is 12.7. The first-order valence-electron chi connectivity index (χ1n) is 9.03. The second kappa shape index (κ2) is 6.88. The molecule has 1 aliphatic carbocycles. The fourth-order valence-corrected chi connectivity index (χ4v) is 4.81. The molecule has 4 nitrogen and oxygen atoms in total. The fraction of sp³-hybridized carbons (Fsp3) is 0.429. The predicted molar refractivity (Wildman–Crippen MR) is 107 cm³/mol. The van der Waals surface area contributed by atoms with Crippen molar-refractivity contribution in [1.82, 2.24) is 0 Å². The largest absolute Gasteiger partial charge is 0.365 e. The van der Waals surface area contributed by atoms with Gasteiger partial charge in [-0.1, -0.05) is 39.8 Å². The minimum absolute atomic E-state index is 0.0393. The van der Waals surface area contributed by atoms with Crippen molar-refractivity contribution < 1.29 is 9.59 Å². The zero-order valence-electron chi connectivity index (χ0n) is 15.8. The van der Waals surface area contributed by atoms with Crippen LogP contribution in [0.15, 0.2) is 24.3 Å². The summed E-state index contributed by atoms with van der Waals surface area (Å²) in [6.07, 6.45) is 2.84. The topological polar surface area (TPSA) is 72.2 Å². The number of carbonyl (C=O) groups excluding carboxylic acids is 2. The van der Waals surface area contributed by atoms with Gasteiger partial charge in [-0.2, -0.15) is 0 Å². The number of amides is 2. The number of carbonyl (C=O) groups is 2. The number of primary amides is 1. The van der Waals surface area contributed by atoms with Crippen molar-refractivity contribution in [2.75, 3.05) is 5.32 Å². The van der Waals surface area contributed by atoms with E-state index in [-0.39, 0.29) is 11.3 Å². The van der Waals surface area contributed by atoms with Gasteiger partial charge in [-0.05, 0) is 53.9 Å². The monoisotopic (exact) mass is 370 g/mol. The lowest BCUT2D eigenvalue weighted by Gasteiger charge is -2.19. The van der Waals surface area contributed by atoms with Crippen LogP contribution in [-0.2, 0) is 18.3 Å². The van der Waals surface area contributed by atoms with Gasteiger partial charge in [0.25, 0.3) is 11.8 Å². The second-order valence-electron chi connectivity index (χ2n) is 8.20. The smallest absolute Gasteiger partial charge is 0.256 e. The van der Waals surface area contributed by atoms with Crippen molar-refractivity contribution in [2.24, 2.45) is 11.7 Å². The highest BCUT2D eigenvalue weighted by molar-refractivity contribution is 7.17. The fourth-order valence-electron chi connectivity index (χ4n) is 3.40. The third-order valence-corrected chi connectivity index (χ3v) is 6.17. The van der Waals surface area contributed by atoms with Crippen LogP contribution in [-0.4, -0.2) is 11.8 Å². The molecule has 0 unspecified atom stereocenters. The van der Waals surface area contributed by atoms with E-state index < -0.39 is 5.91 Å². The number of rotatable bonds is 3. The van der Waals surface area contributed by atoms with E-state index in [4.69, 9.17) is 5.73 Å². The van der Waals surface area contributed by atoms with Crippen LogP contribution in [0.2, 0.25) is 0 Å².